The number of carbonyl (C=O) groups is 1. The van der Waals surface area contributed by atoms with E-state index in [1.54, 1.807) is 23.0 Å². The summed E-state index contributed by atoms with van der Waals surface area (Å²) in [6, 6.07) is 12.1. The predicted molar refractivity (Wildman–Crippen MR) is 114 cm³/mol. The zero-order valence-electron chi connectivity index (χ0n) is 13.9. The molecule has 0 saturated carbocycles. The van der Waals surface area contributed by atoms with Crippen molar-refractivity contribution in [3.05, 3.63) is 64.4 Å². The molecule has 140 valence electrons. The van der Waals surface area contributed by atoms with Crippen molar-refractivity contribution >= 4 is 68.4 Å². The van der Waals surface area contributed by atoms with Gasteiger partial charge in [0.15, 0.2) is 5.11 Å². The van der Waals surface area contributed by atoms with E-state index in [1.165, 1.54) is 17.4 Å². The van der Waals surface area contributed by atoms with Crippen molar-refractivity contribution in [2.24, 2.45) is 0 Å². The summed E-state index contributed by atoms with van der Waals surface area (Å²) in [6.07, 6.45) is 1.54. The molecule has 2 N–H and O–H groups in total. The van der Waals surface area contributed by atoms with E-state index in [9.17, 15) is 4.79 Å². The van der Waals surface area contributed by atoms with Crippen LogP contribution < -0.4 is 10.6 Å². The van der Waals surface area contributed by atoms with Gasteiger partial charge in [-0.15, -0.1) is 10.2 Å². The second-order valence-electron chi connectivity index (χ2n) is 5.58. The molecule has 2 aromatic heterocycles. The molecule has 7 nitrogen and oxygen atoms in total. The van der Waals surface area contributed by atoms with Gasteiger partial charge in [0.2, 0.25) is 4.96 Å². The molecule has 0 atom stereocenters. The average molecular weight is 449 g/mol. The highest BCUT2D eigenvalue weighted by molar-refractivity contribution is 7.80. The molecule has 0 unspecified atom stereocenters. The van der Waals surface area contributed by atoms with Gasteiger partial charge in [0.1, 0.15) is 11.3 Å². The van der Waals surface area contributed by atoms with Crippen LogP contribution in [0.15, 0.2) is 48.8 Å². The number of nitrogens with zero attached hydrogens (tertiary/aromatic N) is 4. The van der Waals surface area contributed by atoms with Gasteiger partial charge in [-0.3, -0.25) is 10.1 Å². The summed E-state index contributed by atoms with van der Waals surface area (Å²) in [4.78, 5) is 13.1. The second-order valence-corrected chi connectivity index (χ2v) is 7.79. The monoisotopic (exact) mass is 448 g/mol. The lowest BCUT2D eigenvalue weighted by Gasteiger charge is -2.11. The third-order valence-electron chi connectivity index (χ3n) is 3.65. The Bertz CT molecular complexity index is 1180. The van der Waals surface area contributed by atoms with E-state index in [2.05, 4.69) is 25.9 Å². The summed E-state index contributed by atoms with van der Waals surface area (Å²) in [7, 11) is 0. The van der Waals surface area contributed by atoms with Gasteiger partial charge < -0.3 is 5.32 Å². The van der Waals surface area contributed by atoms with Crippen molar-refractivity contribution in [2.45, 2.75) is 0 Å². The SMILES string of the molecule is O=C(NC(=S)Nc1cccc(-c2nn3cnnc3s2)c1)c1cc(Cl)ccc1Cl. The highest BCUT2D eigenvalue weighted by atomic mass is 35.5. The van der Waals surface area contributed by atoms with Gasteiger partial charge in [-0.25, -0.2) is 0 Å². The third kappa shape index (κ3) is 3.97. The van der Waals surface area contributed by atoms with Crippen molar-refractivity contribution in [3.8, 4) is 10.6 Å². The zero-order chi connectivity index (χ0) is 19.7. The van der Waals surface area contributed by atoms with Gasteiger partial charge in [0.05, 0.1) is 10.6 Å². The van der Waals surface area contributed by atoms with Crippen LogP contribution >= 0.6 is 46.8 Å². The molecular formula is C17H10Cl2N6OS2. The first-order valence-electron chi connectivity index (χ1n) is 7.84. The van der Waals surface area contributed by atoms with E-state index < -0.39 is 5.91 Å². The molecule has 2 aromatic carbocycles. The van der Waals surface area contributed by atoms with Crippen LogP contribution in [0.5, 0.6) is 0 Å². The first-order valence-corrected chi connectivity index (χ1v) is 9.82. The lowest BCUT2D eigenvalue weighted by Crippen LogP contribution is -2.34. The normalized spacial score (nSPS) is 10.8. The Hall–Kier alpha value is -2.59. The van der Waals surface area contributed by atoms with E-state index >= 15 is 0 Å². The Balaban J connectivity index is 1.48. The van der Waals surface area contributed by atoms with Crippen LogP contribution in [-0.2, 0) is 0 Å². The van der Waals surface area contributed by atoms with Crippen LogP contribution in [0, 0.1) is 0 Å². The van der Waals surface area contributed by atoms with Gasteiger partial charge in [-0.05, 0) is 42.5 Å². The molecule has 0 aliphatic heterocycles. The van der Waals surface area contributed by atoms with Gasteiger partial charge in [0, 0.05) is 16.3 Å². The van der Waals surface area contributed by atoms with Gasteiger partial charge >= 0.3 is 0 Å². The third-order valence-corrected chi connectivity index (χ3v) is 5.39. The van der Waals surface area contributed by atoms with Gasteiger partial charge in [0.25, 0.3) is 5.91 Å². The number of rotatable bonds is 3. The molecule has 0 fully saturated rings. The summed E-state index contributed by atoms with van der Waals surface area (Å²) in [5.41, 5.74) is 1.82. The Labute approximate surface area is 178 Å². The number of aromatic nitrogens is 4. The predicted octanol–water partition coefficient (Wildman–Crippen LogP) is 4.29. The quantitative estimate of drug-likeness (QED) is 0.454. The van der Waals surface area contributed by atoms with Crippen LogP contribution in [0.1, 0.15) is 10.4 Å². The lowest BCUT2D eigenvalue weighted by molar-refractivity contribution is 0.0978. The number of benzene rings is 2. The van der Waals surface area contributed by atoms with Crippen LogP contribution in [-0.4, -0.2) is 30.8 Å². The summed E-state index contributed by atoms with van der Waals surface area (Å²) < 4.78 is 1.61. The molecule has 28 heavy (non-hydrogen) atoms. The van der Waals surface area contributed by atoms with Crippen molar-refractivity contribution in [3.63, 3.8) is 0 Å². The molecule has 4 rings (SSSR count). The molecule has 0 aliphatic carbocycles. The summed E-state index contributed by atoms with van der Waals surface area (Å²) in [5, 5.41) is 19.4. The number of nitrogens with one attached hydrogen (secondary N) is 2. The highest BCUT2D eigenvalue weighted by Crippen LogP contribution is 2.27. The van der Waals surface area contributed by atoms with Gasteiger partial charge in [-0.2, -0.15) is 9.61 Å². The van der Waals surface area contributed by atoms with E-state index in [-0.39, 0.29) is 15.7 Å². The van der Waals surface area contributed by atoms with E-state index in [0.717, 1.165) is 10.6 Å². The van der Waals surface area contributed by atoms with Crippen LogP contribution in [0.25, 0.3) is 15.5 Å². The van der Waals surface area contributed by atoms with Gasteiger partial charge in [-0.1, -0.05) is 46.7 Å². The number of hydrogen-bond acceptors (Lipinski definition) is 6. The summed E-state index contributed by atoms with van der Waals surface area (Å²) in [5.74, 6) is -0.449. The van der Waals surface area contributed by atoms with E-state index in [0.29, 0.717) is 15.7 Å². The first-order chi connectivity index (χ1) is 13.5. The fourth-order valence-electron chi connectivity index (χ4n) is 2.41. The maximum Gasteiger partial charge on any atom is 0.258 e. The number of halogens is 2. The highest BCUT2D eigenvalue weighted by Gasteiger charge is 2.13. The van der Waals surface area contributed by atoms with Crippen LogP contribution in [0.3, 0.4) is 0 Å². The maximum absolute atomic E-state index is 12.4. The largest absolute Gasteiger partial charge is 0.332 e. The number of thiocarbonyl (C=S) groups is 1. The maximum atomic E-state index is 12.4. The minimum atomic E-state index is -0.449. The smallest absolute Gasteiger partial charge is 0.258 e. The van der Waals surface area contributed by atoms with Crippen molar-refractivity contribution in [2.75, 3.05) is 5.32 Å². The Kier molecular flexibility index (Phi) is 5.23. The standard InChI is InChI=1S/C17H10Cl2N6OS2/c18-10-4-5-13(19)12(7-10)14(26)22-16(27)21-11-3-1-2-9(6-11)15-24-25-8-20-23-17(25)28-15/h1-8H,(H2,21,22,26,27). The van der Waals surface area contributed by atoms with Crippen molar-refractivity contribution in [1.82, 2.24) is 25.1 Å². The molecule has 11 heteroatoms. The fraction of sp³-hybridized carbons (Fsp3) is 0. The number of amides is 1. The van der Waals surface area contributed by atoms with Crippen molar-refractivity contribution in [1.29, 1.82) is 0 Å². The number of carbonyl (C=O) groups excluding carboxylic acids is 1. The molecule has 0 spiro atoms. The fourth-order valence-corrected chi connectivity index (χ4v) is 3.81. The minimum absolute atomic E-state index is 0.135. The number of hydrogen-bond donors (Lipinski definition) is 2. The molecule has 0 saturated heterocycles. The molecule has 4 aromatic rings. The molecule has 0 bridgehead atoms. The van der Waals surface area contributed by atoms with Crippen molar-refractivity contribution < 1.29 is 4.79 Å². The topological polar surface area (TPSA) is 84.2 Å². The number of anilines is 1. The lowest BCUT2D eigenvalue weighted by atomic mass is 10.2. The molecular weight excluding hydrogens is 439 g/mol. The average Bonchev–Trinajstić information content (AvgIpc) is 3.26. The Morgan fingerprint density at radius 1 is 1.18 bits per heavy atom. The van der Waals surface area contributed by atoms with E-state index in [4.69, 9.17) is 35.4 Å². The Morgan fingerprint density at radius 3 is 2.86 bits per heavy atom. The molecule has 2 heterocycles. The summed E-state index contributed by atoms with van der Waals surface area (Å²) >= 11 is 18.6. The van der Waals surface area contributed by atoms with Crippen LogP contribution in [0.4, 0.5) is 5.69 Å². The first kappa shape index (κ1) is 18.8. The second kappa shape index (κ2) is 7.80. The number of fused-ring (bicyclic) bond motifs is 1. The minimum Gasteiger partial charge on any atom is -0.332 e. The molecule has 0 radical (unpaired) electrons. The molecule has 1 amide bonds. The van der Waals surface area contributed by atoms with Crippen LogP contribution in [0.2, 0.25) is 10.0 Å². The summed E-state index contributed by atoms with van der Waals surface area (Å²) in [6.45, 7) is 0. The Morgan fingerprint density at radius 2 is 2.04 bits per heavy atom. The molecule has 0 aliphatic rings. The zero-order valence-corrected chi connectivity index (χ0v) is 17.0. The van der Waals surface area contributed by atoms with E-state index in [1.807, 2.05) is 24.3 Å².